The van der Waals surface area contributed by atoms with Crippen LogP contribution in [0, 0.1) is 47.3 Å². The van der Waals surface area contributed by atoms with E-state index in [0.29, 0.717) is 44.3 Å². The minimum Gasteiger partial charge on any atom is -0.507 e. The van der Waals surface area contributed by atoms with Crippen molar-refractivity contribution >= 4 is 53.7 Å². The first kappa shape index (κ1) is 121. The summed E-state index contributed by atoms with van der Waals surface area (Å²) in [5, 5.41) is 67.6. The van der Waals surface area contributed by atoms with E-state index in [-0.39, 0.29) is 96.6 Å². The van der Waals surface area contributed by atoms with Crippen molar-refractivity contribution in [3.63, 3.8) is 0 Å². The number of allylic oxidation sites excluding steroid dienone is 3. The van der Waals surface area contributed by atoms with E-state index in [1.54, 1.807) is 75.3 Å². The van der Waals surface area contributed by atoms with Crippen LogP contribution in [0.25, 0.3) is 0 Å². The molecule has 2 aliphatic rings. The maximum atomic E-state index is 12.7. The molecular weight excluding hydrogens is 1790 g/mol. The Morgan fingerprint density at radius 3 is 0.644 bits per heavy atom. The average Bonchev–Trinajstić information content (AvgIpc) is 0.729. The summed E-state index contributed by atoms with van der Waals surface area (Å²) in [4.78, 5) is 221. The SMILES string of the molecule is C=CCn1c(=O)n(CC(O)CC)c(=O)n(CC(O)CC)c1=O.C=CCn1c(=O)n(CC(O)CC)c(=O)n(CC(O)CC)c1=O.C=CCn1c(=O)n(CC(O)CC)c(=O)n(CC(O)CC)c1=O.COC(=O)c1ccc(OC)cc1O.COCC(C)OC(=O)C1C(C(=O)OC)C(C(=O)OC)C1C(=O)OC(C)COC.COCC(C)OC(=O)C1C(C(=O)OC)C(C(=O)OC)C1C(=O)OC(C)COC. The number of carbonyl (C=O) groups is 9. The molecular formula is C87H135N9O39. The Morgan fingerprint density at radius 1 is 0.311 bits per heavy atom. The third-order valence-electron chi connectivity index (χ3n) is 20.8. The Balaban J connectivity index is 0.000000819. The molecule has 3 aromatic heterocycles. The molecule has 48 heteroatoms. The number of hydrogen-bond donors (Lipinski definition) is 7. The molecule has 4 aromatic rings. The number of aliphatic hydroxyl groups excluding tert-OH is 6. The Labute approximate surface area is 777 Å². The first-order valence-corrected chi connectivity index (χ1v) is 43.0. The molecule has 0 spiro atoms. The summed E-state index contributed by atoms with van der Waals surface area (Å²) in [6.45, 7) is 26.3. The fourth-order valence-corrected chi connectivity index (χ4v) is 13.4. The Bertz CT molecular complexity index is 4500. The van der Waals surface area contributed by atoms with E-state index in [1.807, 2.05) is 0 Å². The normalized spacial score (nSPS) is 18.3. The second-order valence-corrected chi connectivity index (χ2v) is 30.8. The lowest BCUT2D eigenvalue weighted by atomic mass is 9.56. The minimum absolute atomic E-state index is 0.0532. The highest BCUT2D eigenvalue weighted by Gasteiger charge is 2.67. The van der Waals surface area contributed by atoms with E-state index in [0.717, 1.165) is 69.5 Å². The van der Waals surface area contributed by atoms with Crippen LogP contribution in [0.1, 0.15) is 118 Å². The van der Waals surface area contributed by atoms with Crippen LogP contribution in [-0.2, 0) is 159 Å². The molecule has 3 heterocycles. The van der Waals surface area contributed by atoms with Gasteiger partial charge in [-0.1, -0.05) is 59.8 Å². The number of esters is 9. The highest BCUT2D eigenvalue weighted by molar-refractivity contribution is 5.99. The van der Waals surface area contributed by atoms with Crippen molar-refractivity contribution in [2.75, 3.05) is 97.5 Å². The van der Waals surface area contributed by atoms with Gasteiger partial charge in [-0.3, -0.25) is 38.4 Å². The van der Waals surface area contributed by atoms with Crippen molar-refractivity contribution in [2.24, 2.45) is 47.3 Å². The Kier molecular flexibility index (Phi) is 54.9. The zero-order valence-corrected chi connectivity index (χ0v) is 80.1. The van der Waals surface area contributed by atoms with E-state index in [9.17, 15) is 122 Å². The second kappa shape index (κ2) is 61.2. The number of nitrogens with zero attached hydrogens (tertiary/aromatic N) is 9. The fraction of sp³-hybridized carbons (Fsp3) is 0.655. The summed E-state index contributed by atoms with van der Waals surface area (Å²) in [6.07, 6.45) is -1.38. The molecule has 2 aliphatic carbocycles. The predicted octanol–water partition coefficient (Wildman–Crippen LogP) is -2.18. The van der Waals surface area contributed by atoms with Crippen molar-refractivity contribution in [1.82, 2.24) is 41.1 Å². The lowest BCUT2D eigenvalue weighted by Gasteiger charge is -2.45. The van der Waals surface area contributed by atoms with Gasteiger partial charge in [0, 0.05) is 34.5 Å². The largest absolute Gasteiger partial charge is 0.507 e. The maximum Gasteiger partial charge on any atom is 0.341 e. The van der Waals surface area contributed by atoms with Crippen LogP contribution in [0.3, 0.4) is 0 Å². The van der Waals surface area contributed by atoms with Gasteiger partial charge >= 0.3 is 105 Å². The molecule has 0 saturated heterocycles. The molecule has 762 valence electrons. The number of aliphatic hydroxyl groups is 6. The van der Waals surface area contributed by atoms with Gasteiger partial charge in [0.15, 0.2) is 0 Å². The van der Waals surface area contributed by atoms with Crippen LogP contribution < -0.4 is 55.9 Å². The smallest absolute Gasteiger partial charge is 0.341 e. The molecule has 0 amide bonds. The summed E-state index contributed by atoms with van der Waals surface area (Å²) in [5.74, 6) is -16.6. The standard InChI is InChI=1S/2C18H28O10.3C14H23N3O5.C9H10O4/c2*1-9(7-23-3)27-17(21)13-11(15(19)25-5)12(16(20)26-6)14(13)18(22)28-10(2)8-24-4;3*1-4-7-15-12(20)16(8-10(18)5-2)14(22)17(13(15)21)9-11(19)6-3;1-12-6-3-4-7(8(10)5-6)9(11)13-2/h2*9-14H,7-8H2,1-6H3;3*4,10-11,18-19H,1,5-9H2,2-3H3;3-5,10H,1-2H3. The molecule has 2 saturated carbocycles. The monoisotopic (exact) mass is 1930 g/mol. The van der Waals surface area contributed by atoms with Crippen LogP contribution in [0.5, 0.6) is 11.5 Å². The molecule has 18 atom stereocenters. The highest BCUT2D eigenvalue weighted by atomic mass is 16.6. The van der Waals surface area contributed by atoms with Crippen LogP contribution >= 0.6 is 0 Å². The topological polar surface area (TPSA) is 622 Å². The first-order valence-electron chi connectivity index (χ1n) is 43.0. The summed E-state index contributed by atoms with van der Waals surface area (Å²) >= 11 is 0. The number of aromatic hydroxyl groups is 1. The molecule has 0 bridgehead atoms. The third-order valence-corrected chi connectivity index (χ3v) is 20.8. The Hall–Kier alpha value is -11.9. The van der Waals surface area contributed by atoms with Gasteiger partial charge in [-0.25, -0.2) is 89.0 Å². The number of aromatic nitrogens is 9. The lowest BCUT2D eigenvalue weighted by Crippen LogP contribution is -2.61. The van der Waals surface area contributed by atoms with Gasteiger partial charge in [-0.15, -0.1) is 19.7 Å². The van der Waals surface area contributed by atoms with Crippen molar-refractivity contribution < 1.29 is 145 Å². The van der Waals surface area contributed by atoms with Gasteiger partial charge in [0.25, 0.3) is 0 Å². The second-order valence-electron chi connectivity index (χ2n) is 30.8. The molecule has 135 heavy (non-hydrogen) atoms. The highest BCUT2D eigenvalue weighted by Crippen LogP contribution is 2.51. The summed E-state index contributed by atoms with van der Waals surface area (Å²) in [5.41, 5.74) is -7.07. The van der Waals surface area contributed by atoms with Crippen molar-refractivity contribution in [3.05, 3.63) is 156 Å². The maximum absolute atomic E-state index is 12.7. The van der Waals surface area contributed by atoms with Crippen LogP contribution in [-0.4, -0.2) is 289 Å². The minimum atomic E-state index is -1.24. The van der Waals surface area contributed by atoms with Gasteiger partial charge in [-0.2, -0.15) is 0 Å². The molecule has 1 aromatic carbocycles. The number of ether oxygens (including phenoxy) is 14. The molecule has 6 rings (SSSR count). The van der Waals surface area contributed by atoms with E-state index in [2.05, 4.69) is 24.5 Å². The number of methoxy groups -OCH3 is 10. The van der Waals surface area contributed by atoms with E-state index < -0.39 is 213 Å². The van der Waals surface area contributed by atoms with Gasteiger partial charge in [0.1, 0.15) is 41.5 Å². The van der Waals surface area contributed by atoms with Gasteiger partial charge < -0.3 is 102 Å². The van der Waals surface area contributed by atoms with Crippen LogP contribution in [0.15, 0.2) is 99.3 Å². The summed E-state index contributed by atoms with van der Waals surface area (Å²) in [7, 11) is 13.0. The Morgan fingerprint density at radius 2 is 0.496 bits per heavy atom. The number of benzene rings is 1. The van der Waals surface area contributed by atoms with E-state index in [4.69, 9.17) is 61.6 Å². The number of hydrogen-bond acceptors (Lipinski definition) is 39. The van der Waals surface area contributed by atoms with Gasteiger partial charge in [0.2, 0.25) is 0 Å². The number of carbonyl (C=O) groups excluding carboxylic acids is 9. The van der Waals surface area contributed by atoms with Gasteiger partial charge in [0.05, 0.1) is 212 Å². The molecule has 0 aliphatic heterocycles. The molecule has 18 unspecified atom stereocenters. The zero-order valence-electron chi connectivity index (χ0n) is 80.1. The summed E-state index contributed by atoms with van der Waals surface area (Å²) < 4.78 is 76.3. The fourth-order valence-electron chi connectivity index (χ4n) is 13.4. The van der Waals surface area contributed by atoms with E-state index >= 15 is 0 Å². The van der Waals surface area contributed by atoms with Crippen molar-refractivity contribution in [3.8, 4) is 11.5 Å². The molecule has 7 N–H and O–H groups in total. The van der Waals surface area contributed by atoms with Crippen molar-refractivity contribution in [1.29, 1.82) is 0 Å². The number of phenolic OH excluding ortho intramolecular Hbond substituents is 1. The number of rotatable bonds is 46. The van der Waals surface area contributed by atoms with E-state index in [1.165, 1.54) is 73.0 Å². The molecule has 0 radical (unpaired) electrons. The van der Waals surface area contributed by atoms with Gasteiger partial charge in [-0.05, 0) is 78.4 Å². The van der Waals surface area contributed by atoms with Crippen molar-refractivity contribution in [2.45, 2.75) is 228 Å². The van der Waals surface area contributed by atoms with Crippen LogP contribution in [0.4, 0.5) is 0 Å². The molecule has 48 nitrogen and oxygen atoms in total. The first-order chi connectivity index (χ1) is 63.7. The third kappa shape index (κ3) is 34.5. The predicted molar refractivity (Wildman–Crippen MR) is 478 cm³/mol. The van der Waals surface area contributed by atoms with Crippen LogP contribution in [0.2, 0.25) is 0 Å². The lowest BCUT2D eigenvalue weighted by molar-refractivity contribution is -0.202. The molecule has 2 fully saturated rings. The quantitative estimate of drug-likeness (QED) is 0.0140. The number of phenols is 1. The summed E-state index contributed by atoms with van der Waals surface area (Å²) in [6, 6.07) is 4.37. The zero-order chi connectivity index (χ0) is 103. The average molecular weight is 1930 g/mol.